The molecule has 0 aromatic heterocycles. The van der Waals surface area contributed by atoms with E-state index in [0.717, 1.165) is 0 Å². The van der Waals surface area contributed by atoms with Crippen molar-refractivity contribution >= 4 is 33.5 Å². The van der Waals surface area contributed by atoms with E-state index in [1.54, 1.807) is 39.1 Å². The maximum Gasteiger partial charge on any atom is 0.339 e. The Hall–Kier alpha value is -2.79. The summed E-state index contributed by atoms with van der Waals surface area (Å²) in [5.41, 5.74) is 5.15. The monoisotopic (exact) mass is 431 g/mol. The lowest BCUT2D eigenvalue weighted by molar-refractivity contribution is -0.144. The Morgan fingerprint density at radius 1 is 1.44 bits per heavy atom. The molecule has 27 heavy (non-hydrogen) atoms. The van der Waals surface area contributed by atoms with Crippen LogP contribution in [-0.4, -0.2) is 25.0 Å². The van der Waals surface area contributed by atoms with Crippen LogP contribution in [0.25, 0.3) is 0 Å². The molecule has 1 aromatic carbocycles. The number of anilines is 1. The smallest absolute Gasteiger partial charge is 0.339 e. The summed E-state index contributed by atoms with van der Waals surface area (Å²) in [7, 11) is 1.59. The van der Waals surface area contributed by atoms with Crippen LogP contribution in [-0.2, 0) is 24.5 Å². The molecular formula is C19H18BrN3O4. The molecule has 2 N–H and O–H groups in total. The highest BCUT2D eigenvalue weighted by atomic mass is 79.9. The largest absolute Gasteiger partial charge is 0.459 e. The standard InChI is InChI=1S/C19H18BrN3O4/c1-9(2)26-17(24)15-10(3)27-16(22)13(8-21)19(15)12-7-11(20)5-6-14(12)23(4)18(19)25/h5-7,9H,22H2,1-4H3. The number of benzene rings is 1. The fourth-order valence-electron chi connectivity index (χ4n) is 3.61. The first kappa shape index (κ1) is 19.0. The number of nitriles is 1. The number of carbonyl (C=O) groups is 2. The third kappa shape index (κ3) is 2.53. The molecule has 140 valence electrons. The summed E-state index contributed by atoms with van der Waals surface area (Å²) in [6, 6.07) is 7.22. The Morgan fingerprint density at radius 2 is 2.11 bits per heavy atom. The second kappa shape index (κ2) is 6.43. The highest BCUT2D eigenvalue weighted by Crippen LogP contribution is 2.54. The van der Waals surface area contributed by atoms with Crippen molar-refractivity contribution in [2.24, 2.45) is 5.73 Å². The second-order valence-corrected chi connectivity index (χ2v) is 7.53. The molecule has 3 rings (SSSR count). The molecule has 1 aromatic rings. The van der Waals surface area contributed by atoms with E-state index in [-0.39, 0.29) is 22.8 Å². The van der Waals surface area contributed by atoms with E-state index < -0.39 is 23.4 Å². The molecule has 0 fully saturated rings. The van der Waals surface area contributed by atoms with E-state index in [9.17, 15) is 14.9 Å². The number of carbonyl (C=O) groups excluding carboxylic acids is 2. The number of hydrogen-bond acceptors (Lipinski definition) is 6. The van der Waals surface area contributed by atoms with Gasteiger partial charge in [-0.1, -0.05) is 15.9 Å². The van der Waals surface area contributed by atoms with Gasteiger partial charge in [0.05, 0.1) is 6.10 Å². The van der Waals surface area contributed by atoms with Crippen LogP contribution in [0.15, 0.2) is 45.5 Å². The van der Waals surface area contributed by atoms with Gasteiger partial charge >= 0.3 is 5.97 Å². The zero-order valence-corrected chi connectivity index (χ0v) is 16.9. The number of nitrogens with two attached hydrogens (primary N) is 1. The maximum absolute atomic E-state index is 13.5. The van der Waals surface area contributed by atoms with Crippen LogP contribution in [0.2, 0.25) is 0 Å². The first-order chi connectivity index (χ1) is 12.7. The molecule has 0 saturated heterocycles. The van der Waals surface area contributed by atoms with Crippen LogP contribution in [0, 0.1) is 11.3 Å². The number of rotatable bonds is 2. The van der Waals surface area contributed by atoms with Gasteiger partial charge in [0.25, 0.3) is 0 Å². The van der Waals surface area contributed by atoms with Crippen molar-refractivity contribution in [3.63, 3.8) is 0 Å². The Kier molecular flexibility index (Phi) is 4.52. The Morgan fingerprint density at radius 3 is 2.70 bits per heavy atom. The van der Waals surface area contributed by atoms with Gasteiger partial charge in [0.2, 0.25) is 11.8 Å². The average Bonchev–Trinajstić information content (AvgIpc) is 2.77. The quantitative estimate of drug-likeness (QED) is 0.721. The Labute approximate surface area is 165 Å². The molecule has 1 spiro atoms. The van der Waals surface area contributed by atoms with Gasteiger partial charge in [0.15, 0.2) is 5.41 Å². The number of nitrogens with zero attached hydrogens (tertiary/aromatic N) is 2. The molecule has 8 heteroatoms. The minimum atomic E-state index is -1.71. The van der Waals surface area contributed by atoms with Crippen LogP contribution in [0.3, 0.4) is 0 Å². The predicted molar refractivity (Wildman–Crippen MR) is 101 cm³/mol. The van der Waals surface area contributed by atoms with Crippen LogP contribution < -0.4 is 10.6 Å². The van der Waals surface area contributed by atoms with Crippen molar-refractivity contribution in [1.29, 1.82) is 5.26 Å². The minimum absolute atomic E-state index is 0.0318. The van der Waals surface area contributed by atoms with Gasteiger partial charge in [0.1, 0.15) is 23.0 Å². The van der Waals surface area contributed by atoms with Gasteiger partial charge in [-0.2, -0.15) is 5.26 Å². The Balaban J connectivity index is 2.42. The third-order valence-electron chi connectivity index (χ3n) is 4.62. The van der Waals surface area contributed by atoms with Crippen LogP contribution in [0.1, 0.15) is 26.3 Å². The molecule has 0 aliphatic carbocycles. The number of fused-ring (bicyclic) bond motifs is 2. The number of allylic oxidation sites excluding steroid dienone is 1. The molecule has 0 bridgehead atoms. The average molecular weight is 432 g/mol. The summed E-state index contributed by atoms with van der Waals surface area (Å²) in [4.78, 5) is 27.9. The van der Waals surface area contributed by atoms with Gasteiger partial charge in [-0.25, -0.2) is 4.79 Å². The SMILES string of the molecule is CC1=C(C(=O)OC(C)C)C2(C(=O)N(C)c3ccc(Br)cc32)C(C#N)=C(N)O1. The van der Waals surface area contributed by atoms with Gasteiger partial charge in [-0.15, -0.1) is 0 Å². The minimum Gasteiger partial charge on any atom is -0.459 e. The lowest BCUT2D eigenvalue weighted by Gasteiger charge is -2.34. The van der Waals surface area contributed by atoms with Crippen molar-refractivity contribution < 1.29 is 19.1 Å². The topological polar surface area (TPSA) is 106 Å². The summed E-state index contributed by atoms with van der Waals surface area (Å²) in [6.45, 7) is 4.93. The number of halogens is 1. The third-order valence-corrected chi connectivity index (χ3v) is 5.11. The molecule has 0 radical (unpaired) electrons. The van der Waals surface area contributed by atoms with Crippen LogP contribution >= 0.6 is 15.9 Å². The lowest BCUT2D eigenvalue weighted by Crippen LogP contribution is -2.48. The number of esters is 1. The number of amides is 1. The molecule has 0 saturated carbocycles. The van der Waals surface area contributed by atoms with Crippen molar-refractivity contribution in [2.45, 2.75) is 32.3 Å². The highest BCUT2D eigenvalue weighted by Gasteiger charge is 2.61. The number of likely N-dealkylation sites (N-methyl/N-ethyl adjacent to an activating group) is 1. The van der Waals surface area contributed by atoms with E-state index in [1.165, 1.54) is 11.8 Å². The van der Waals surface area contributed by atoms with Crippen LogP contribution in [0.5, 0.6) is 0 Å². The fourth-order valence-corrected chi connectivity index (χ4v) is 3.97. The normalized spacial score (nSPS) is 21.5. The molecule has 2 heterocycles. The molecule has 2 aliphatic rings. The van der Waals surface area contributed by atoms with Gasteiger partial charge in [0, 0.05) is 22.8 Å². The summed E-state index contributed by atoms with van der Waals surface area (Å²) in [5, 5.41) is 9.83. The number of hydrogen-bond donors (Lipinski definition) is 1. The van der Waals surface area contributed by atoms with Crippen molar-refractivity contribution in [1.82, 2.24) is 0 Å². The molecule has 7 nitrogen and oxygen atoms in total. The predicted octanol–water partition coefficient (Wildman–Crippen LogP) is 2.61. The van der Waals surface area contributed by atoms with E-state index in [4.69, 9.17) is 15.2 Å². The fraction of sp³-hybridized carbons (Fsp3) is 0.316. The molecule has 2 aliphatic heterocycles. The van der Waals surface area contributed by atoms with Crippen LogP contribution in [0.4, 0.5) is 5.69 Å². The number of ether oxygens (including phenoxy) is 2. The first-order valence-corrected chi connectivity index (χ1v) is 9.04. The van der Waals surface area contributed by atoms with E-state index >= 15 is 0 Å². The first-order valence-electron chi connectivity index (χ1n) is 8.24. The molecular weight excluding hydrogens is 414 g/mol. The zero-order chi connectivity index (χ0) is 20.1. The molecule has 1 atom stereocenters. The van der Waals surface area contributed by atoms with Crippen molar-refractivity contribution in [2.75, 3.05) is 11.9 Å². The molecule has 1 amide bonds. The summed E-state index contributed by atoms with van der Waals surface area (Å²) < 4.78 is 11.5. The summed E-state index contributed by atoms with van der Waals surface area (Å²) in [6.07, 6.45) is -0.417. The lowest BCUT2D eigenvalue weighted by atomic mass is 9.68. The van der Waals surface area contributed by atoms with E-state index in [1.807, 2.05) is 6.07 Å². The van der Waals surface area contributed by atoms with E-state index in [2.05, 4.69) is 15.9 Å². The second-order valence-electron chi connectivity index (χ2n) is 6.61. The Bertz CT molecular complexity index is 974. The van der Waals surface area contributed by atoms with Gasteiger partial charge < -0.3 is 20.1 Å². The van der Waals surface area contributed by atoms with E-state index in [0.29, 0.717) is 15.7 Å². The van der Waals surface area contributed by atoms with Crippen molar-refractivity contribution in [3.05, 3.63) is 51.0 Å². The molecule has 1 unspecified atom stereocenters. The van der Waals surface area contributed by atoms with Gasteiger partial charge in [-0.3, -0.25) is 4.79 Å². The van der Waals surface area contributed by atoms with Gasteiger partial charge in [-0.05, 0) is 39.0 Å². The summed E-state index contributed by atoms with van der Waals surface area (Å²) in [5.74, 6) is -1.26. The maximum atomic E-state index is 13.5. The zero-order valence-electron chi connectivity index (χ0n) is 15.3. The summed E-state index contributed by atoms with van der Waals surface area (Å²) >= 11 is 3.40. The highest BCUT2D eigenvalue weighted by molar-refractivity contribution is 9.10. The van der Waals surface area contributed by atoms with Crippen molar-refractivity contribution in [3.8, 4) is 6.07 Å².